The van der Waals surface area contributed by atoms with Gasteiger partial charge in [0.05, 0.1) is 0 Å². The Morgan fingerprint density at radius 3 is 2.53 bits per heavy atom. The summed E-state index contributed by atoms with van der Waals surface area (Å²) in [6.07, 6.45) is -0.738. The van der Waals surface area contributed by atoms with Crippen molar-refractivity contribution in [2.75, 3.05) is 0 Å². The Hall–Kier alpha value is -1.68. The maximum Gasteiger partial charge on any atom is 0.202 e. The molecule has 2 nitrogen and oxygen atoms in total. The first-order valence-electron chi connectivity index (χ1n) is 5.79. The summed E-state index contributed by atoms with van der Waals surface area (Å²) in [5.41, 5.74) is 0.549. The highest BCUT2D eigenvalue weighted by molar-refractivity contribution is 9.10. The van der Waals surface area contributed by atoms with Gasteiger partial charge in [-0.25, -0.2) is 4.39 Å². The van der Waals surface area contributed by atoms with Crippen molar-refractivity contribution in [1.82, 2.24) is 0 Å². The highest BCUT2D eigenvalue weighted by Gasteiger charge is 2.18. The lowest BCUT2D eigenvalue weighted by Crippen LogP contribution is -2.24. The van der Waals surface area contributed by atoms with Gasteiger partial charge in [-0.2, -0.15) is 0 Å². The highest BCUT2D eigenvalue weighted by atomic mass is 79.9. The molecule has 0 spiro atoms. The molecular formula is C15H12BrFO2. The second kappa shape index (κ2) is 5.97. The van der Waals surface area contributed by atoms with Crippen LogP contribution in [-0.2, 0) is 0 Å². The zero-order valence-corrected chi connectivity index (χ0v) is 11.9. The van der Waals surface area contributed by atoms with E-state index in [4.69, 9.17) is 4.74 Å². The van der Waals surface area contributed by atoms with Gasteiger partial charge in [-0.3, -0.25) is 4.79 Å². The van der Waals surface area contributed by atoms with Crippen molar-refractivity contribution in [3.63, 3.8) is 0 Å². The predicted molar refractivity (Wildman–Crippen MR) is 75.0 cm³/mol. The van der Waals surface area contributed by atoms with Crippen LogP contribution in [0.1, 0.15) is 17.3 Å². The lowest BCUT2D eigenvalue weighted by atomic mass is 10.1. The summed E-state index contributed by atoms with van der Waals surface area (Å²) < 4.78 is 19.6. The summed E-state index contributed by atoms with van der Waals surface area (Å²) in [7, 11) is 0. The van der Waals surface area contributed by atoms with Crippen LogP contribution in [0.15, 0.2) is 53.0 Å². The van der Waals surface area contributed by atoms with Gasteiger partial charge in [-0.1, -0.05) is 46.3 Å². The summed E-state index contributed by atoms with van der Waals surface area (Å²) in [5.74, 6) is -0.606. The molecule has 0 aliphatic rings. The van der Waals surface area contributed by atoms with Gasteiger partial charge in [0.2, 0.25) is 5.78 Å². The van der Waals surface area contributed by atoms with Crippen LogP contribution in [0.25, 0.3) is 0 Å². The number of hydrogen-bond donors (Lipinski definition) is 0. The Labute approximate surface area is 119 Å². The molecule has 0 unspecified atom stereocenters. The molecule has 2 rings (SSSR count). The number of benzene rings is 2. The van der Waals surface area contributed by atoms with E-state index in [1.807, 2.05) is 6.07 Å². The third kappa shape index (κ3) is 3.41. The largest absolute Gasteiger partial charge is 0.479 e. The van der Waals surface area contributed by atoms with E-state index in [9.17, 15) is 9.18 Å². The molecule has 0 saturated heterocycles. The molecule has 0 saturated carbocycles. The highest BCUT2D eigenvalue weighted by Crippen LogP contribution is 2.23. The number of ether oxygens (including phenoxy) is 1. The Morgan fingerprint density at radius 2 is 1.89 bits per heavy atom. The molecule has 1 atom stereocenters. The molecule has 4 heteroatoms. The predicted octanol–water partition coefficient (Wildman–Crippen LogP) is 4.24. The minimum absolute atomic E-state index is 0.0694. The fraction of sp³-hybridized carbons (Fsp3) is 0.133. The van der Waals surface area contributed by atoms with Crippen molar-refractivity contribution in [1.29, 1.82) is 0 Å². The molecule has 0 aliphatic carbocycles. The quantitative estimate of drug-likeness (QED) is 0.787. The second-order valence-electron chi connectivity index (χ2n) is 4.07. The van der Waals surface area contributed by atoms with E-state index in [1.165, 1.54) is 12.1 Å². The van der Waals surface area contributed by atoms with Crippen LogP contribution in [0.5, 0.6) is 5.75 Å². The van der Waals surface area contributed by atoms with Crippen molar-refractivity contribution in [2.24, 2.45) is 0 Å². The molecule has 0 bridgehead atoms. The standard InChI is InChI=1S/C15H12BrFO2/c1-10(15(18)11-5-3-2-4-6-11)19-14-8-7-12(16)9-13(14)17/h2-10H,1H3/t10-/m1/s1. The monoisotopic (exact) mass is 322 g/mol. The molecule has 0 aliphatic heterocycles. The van der Waals surface area contributed by atoms with Crippen molar-refractivity contribution >= 4 is 21.7 Å². The third-order valence-corrected chi connectivity index (χ3v) is 3.12. The van der Waals surface area contributed by atoms with Gasteiger partial charge in [0, 0.05) is 10.0 Å². The van der Waals surface area contributed by atoms with Crippen LogP contribution in [0, 0.1) is 5.82 Å². The Balaban J connectivity index is 2.13. The molecule has 19 heavy (non-hydrogen) atoms. The molecule has 0 fully saturated rings. The molecule has 0 radical (unpaired) electrons. The molecule has 2 aromatic rings. The minimum atomic E-state index is -0.738. The Kier molecular flexibility index (Phi) is 4.32. The average molecular weight is 323 g/mol. The minimum Gasteiger partial charge on any atom is -0.479 e. The van der Waals surface area contributed by atoms with Crippen LogP contribution in [0.4, 0.5) is 4.39 Å². The SMILES string of the molecule is C[C@@H](Oc1ccc(Br)cc1F)C(=O)c1ccccc1. The Morgan fingerprint density at radius 1 is 1.21 bits per heavy atom. The third-order valence-electron chi connectivity index (χ3n) is 2.63. The van der Waals surface area contributed by atoms with E-state index >= 15 is 0 Å². The number of carbonyl (C=O) groups is 1. The van der Waals surface area contributed by atoms with E-state index < -0.39 is 11.9 Å². The van der Waals surface area contributed by atoms with Crippen LogP contribution in [0.3, 0.4) is 0 Å². The van der Waals surface area contributed by atoms with Gasteiger partial charge >= 0.3 is 0 Å². The number of rotatable bonds is 4. The first kappa shape index (κ1) is 13.7. The van der Waals surface area contributed by atoms with E-state index in [0.29, 0.717) is 10.0 Å². The first-order chi connectivity index (χ1) is 9.08. The molecule has 2 aromatic carbocycles. The van der Waals surface area contributed by atoms with E-state index in [1.54, 1.807) is 37.3 Å². The number of hydrogen-bond acceptors (Lipinski definition) is 2. The fourth-order valence-corrected chi connectivity index (χ4v) is 1.99. The number of Topliss-reactive ketones (excluding diaryl/α,β-unsaturated/α-hetero) is 1. The molecular weight excluding hydrogens is 311 g/mol. The normalized spacial score (nSPS) is 11.9. The second-order valence-corrected chi connectivity index (χ2v) is 4.98. The number of ketones is 1. The maximum atomic E-state index is 13.6. The topological polar surface area (TPSA) is 26.3 Å². The molecule has 98 valence electrons. The van der Waals surface area contributed by atoms with Crippen LogP contribution in [0.2, 0.25) is 0 Å². The number of carbonyl (C=O) groups excluding carboxylic acids is 1. The fourth-order valence-electron chi connectivity index (χ4n) is 1.65. The molecule has 0 amide bonds. The van der Waals surface area contributed by atoms with Crippen molar-refractivity contribution < 1.29 is 13.9 Å². The zero-order chi connectivity index (χ0) is 13.8. The van der Waals surface area contributed by atoms with Crippen molar-refractivity contribution in [3.8, 4) is 5.75 Å². The number of halogens is 2. The maximum absolute atomic E-state index is 13.6. The van der Waals surface area contributed by atoms with Gasteiger partial charge < -0.3 is 4.74 Å². The molecule has 0 N–H and O–H groups in total. The average Bonchev–Trinajstić information content (AvgIpc) is 2.42. The first-order valence-corrected chi connectivity index (χ1v) is 6.58. The summed E-state index contributed by atoms with van der Waals surface area (Å²) in [6.45, 7) is 1.61. The van der Waals surface area contributed by atoms with Crippen molar-refractivity contribution in [3.05, 3.63) is 64.4 Å². The van der Waals surface area contributed by atoms with E-state index in [-0.39, 0.29) is 11.5 Å². The van der Waals surface area contributed by atoms with Crippen LogP contribution in [-0.4, -0.2) is 11.9 Å². The van der Waals surface area contributed by atoms with Gasteiger partial charge in [0.25, 0.3) is 0 Å². The lowest BCUT2D eigenvalue weighted by molar-refractivity contribution is 0.0812. The molecule has 0 heterocycles. The van der Waals surface area contributed by atoms with Crippen LogP contribution < -0.4 is 4.74 Å². The summed E-state index contributed by atoms with van der Waals surface area (Å²) in [4.78, 5) is 12.1. The Bertz CT molecular complexity index is 584. The van der Waals surface area contributed by atoms with E-state index in [0.717, 1.165) is 0 Å². The van der Waals surface area contributed by atoms with Gasteiger partial charge in [0.15, 0.2) is 17.7 Å². The summed E-state index contributed by atoms with van der Waals surface area (Å²) in [5, 5.41) is 0. The lowest BCUT2D eigenvalue weighted by Gasteiger charge is -2.14. The van der Waals surface area contributed by atoms with Gasteiger partial charge in [0.1, 0.15) is 0 Å². The van der Waals surface area contributed by atoms with E-state index in [2.05, 4.69) is 15.9 Å². The summed E-state index contributed by atoms with van der Waals surface area (Å²) >= 11 is 3.17. The molecule has 0 aromatic heterocycles. The smallest absolute Gasteiger partial charge is 0.202 e. The zero-order valence-electron chi connectivity index (χ0n) is 10.3. The van der Waals surface area contributed by atoms with Crippen LogP contribution >= 0.6 is 15.9 Å². The summed E-state index contributed by atoms with van der Waals surface area (Å²) in [6, 6.07) is 13.3. The van der Waals surface area contributed by atoms with Gasteiger partial charge in [-0.15, -0.1) is 0 Å². The van der Waals surface area contributed by atoms with Gasteiger partial charge in [-0.05, 0) is 25.1 Å². The van der Waals surface area contributed by atoms with Crippen molar-refractivity contribution in [2.45, 2.75) is 13.0 Å².